The van der Waals surface area contributed by atoms with Crippen molar-refractivity contribution in [3.05, 3.63) is 41.5 Å². The van der Waals surface area contributed by atoms with Crippen LogP contribution in [0.25, 0.3) is 6.08 Å². The molecule has 4 heteroatoms. The van der Waals surface area contributed by atoms with Gasteiger partial charge in [0.15, 0.2) is 0 Å². The number of halogens is 3. The average molecular weight is 688 g/mol. The Labute approximate surface area is 156 Å². The minimum absolute atomic E-state index is 0. The molecule has 1 aliphatic rings. The molecular formula is C10H9HfI3. The van der Waals surface area contributed by atoms with E-state index < -0.39 is 0 Å². The summed E-state index contributed by atoms with van der Waals surface area (Å²) in [6.07, 6.45) is 5.33. The van der Waals surface area contributed by atoms with Crippen molar-refractivity contribution in [3.63, 3.8) is 0 Å². The maximum atomic E-state index is 3.26. The molecule has 1 atom stereocenters. The van der Waals surface area contributed by atoms with Crippen molar-refractivity contribution < 1.29 is 97.8 Å². The van der Waals surface area contributed by atoms with Crippen LogP contribution in [0.5, 0.6) is 0 Å². The van der Waals surface area contributed by atoms with Crippen molar-refractivity contribution in [1.29, 1.82) is 0 Å². The number of fused-ring (bicyclic) bond motifs is 1. The number of hydrogen-bond acceptors (Lipinski definition) is 0. The smallest absolute Gasteiger partial charge is 1.00 e. The van der Waals surface area contributed by atoms with E-state index in [9.17, 15) is 0 Å². The zero-order chi connectivity index (χ0) is 6.97. The van der Waals surface area contributed by atoms with E-state index >= 15 is 0 Å². The molecule has 1 unspecified atom stereocenters. The van der Waals surface area contributed by atoms with Gasteiger partial charge in [-0.3, -0.25) is 6.08 Å². The molecule has 0 saturated carbocycles. The van der Waals surface area contributed by atoms with Gasteiger partial charge in [0.2, 0.25) is 0 Å². The molecule has 1 aromatic rings. The van der Waals surface area contributed by atoms with Gasteiger partial charge in [-0.25, -0.2) is 6.08 Å². The molecule has 1 aliphatic carbocycles. The molecule has 74 valence electrons. The standard InChI is InChI=1S/C10H9.Hf.3HI/c1-8-6-7-9-4-2-3-5-10(8)9;;;;/h2-5,7-8H,1H3;;3*1H/q-1;+4;;;/p-3. The third-order valence-electron chi connectivity index (χ3n) is 1.95. The van der Waals surface area contributed by atoms with Crippen LogP contribution in [0.1, 0.15) is 24.0 Å². The van der Waals surface area contributed by atoms with Gasteiger partial charge in [-0.2, -0.15) is 5.56 Å². The van der Waals surface area contributed by atoms with Crippen LogP contribution in [0, 0.1) is 6.08 Å². The molecule has 2 rings (SSSR count). The average Bonchev–Trinajstić information content (AvgIpc) is 2.34. The maximum Gasteiger partial charge on any atom is 4.00 e. The van der Waals surface area contributed by atoms with Gasteiger partial charge in [-0.15, -0.1) is 11.6 Å². The summed E-state index contributed by atoms with van der Waals surface area (Å²) in [5.74, 6) is 0.496. The van der Waals surface area contributed by atoms with Gasteiger partial charge in [0.25, 0.3) is 0 Å². The first-order valence-electron chi connectivity index (χ1n) is 3.56. The second kappa shape index (κ2) is 10.2. The number of allylic oxidation sites excluding steroid dienone is 1. The second-order valence-electron chi connectivity index (χ2n) is 2.66. The fraction of sp³-hybridized carbons (Fsp3) is 0.200. The Balaban J connectivity index is -0.000000302. The van der Waals surface area contributed by atoms with E-state index in [1.54, 1.807) is 0 Å². The summed E-state index contributed by atoms with van der Waals surface area (Å²) < 4.78 is 0. The molecule has 0 N–H and O–H groups in total. The minimum Gasteiger partial charge on any atom is -1.00 e. The Morgan fingerprint density at radius 3 is 2.21 bits per heavy atom. The Kier molecular flexibility index (Phi) is 15.5. The molecule has 0 fully saturated rings. The Hall–Kier alpha value is 2.02. The van der Waals surface area contributed by atoms with Crippen LogP contribution in [0.3, 0.4) is 0 Å². The first kappa shape index (κ1) is 21.3. The zero-order valence-corrected chi connectivity index (χ0v) is 17.7. The number of benzene rings is 1. The van der Waals surface area contributed by atoms with Crippen molar-refractivity contribution in [1.82, 2.24) is 0 Å². The monoisotopic (exact) mass is 690 g/mol. The molecule has 0 saturated heterocycles. The normalized spacial score (nSPS) is 15.1. The van der Waals surface area contributed by atoms with Crippen LogP contribution in [0.4, 0.5) is 0 Å². The van der Waals surface area contributed by atoms with E-state index in [-0.39, 0.29) is 97.8 Å². The molecule has 0 heterocycles. The minimum atomic E-state index is 0. The third-order valence-corrected chi connectivity index (χ3v) is 1.95. The summed E-state index contributed by atoms with van der Waals surface area (Å²) in [7, 11) is 0. The summed E-state index contributed by atoms with van der Waals surface area (Å²) in [4.78, 5) is 0. The van der Waals surface area contributed by atoms with Crippen LogP contribution in [0.2, 0.25) is 0 Å². The fourth-order valence-corrected chi connectivity index (χ4v) is 1.34. The summed E-state index contributed by atoms with van der Waals surface area (Å²) >= 11 is 0. The van der Waals surface area contributed by atoms with Crippen molar-refractivity contribution in [3.8, 4) is 0 Å². The predicted octanol–water partition coefficient (Wildman–Crippen LogP) is -6.37. The predicted molar refractivity (Wildman–Crippen MR) is 42.6 cm³/mol. The van der Waals surface area contributed by atoms with E-state index in [4.69, 9.17) is 0 Å². The number of hydrogen-bond donors (Lipinski definition) is 0. The maximum absolute atomic E-state index is 3.26. The molecule has 0 aliphatic heterocycles. The van der Waals surface area contributed by atoms with Crippen LogP contribution in [-0.4, -0.2) is 0 Å². The molecule has 0 aromatic heterocycles. The van der Waals surface area contributed by atoms with Gasteiger partial charge in [-0.1, -0.05) is 31.0 Å². The number of rotatable bonds is 0. The SMILES string of the molecule is CC1[C-]=Cc2ccccc21.[Hf+4].[I-].[I-].[I-]. The largest absolute Gasteiger partial charge is 4.00 e. The molecule has 1 aromatic carbocycles. The zero-order valence-electron chi connectivity index (χ0n) is 7.60. The Morgan fingerprint density at radius 2 is 1.64 bits per heavy atom. The molecule has 0 spiro atoms. The Morgan fingerprint density at radius 1 is 1.07 bits per heavy atom. The molecule has 14 heavy (non-hydrogen) atoms. The van der Waals surface area contributed by atoms with Crippen LogP contribution in [-0.2, 0) is 25.8 Å². The summed E-state index contributed by atoms with van der Waals surface area (Å²) in [6, 6.07) is 8.44. The van der Waals surface area contributed by atoms with Gasteiger partial charge in [0.05, 0.1) is 0 Å². The van der Waals surface area contributed by atoms with E-state index in [1.165, 1.54) is 11.1 Å². The summed E-state index contributed by atoms with van der Waals surface area (Å²) in [5, 5.41) is 0. The third kappa shape index (κ3) is 4.90. The first-order valence-corrected chi connectivity index (χ1v) is 3.56. The van der Waals surface area contributed by atoms with Crippen LogP contribution >= 0.6 is 0 Å². The van der Waals surface area contributed by atoms with Crippen LogP contribution in [0.15, 0.2) is 24.3 Å². The van der Waals surface area contributed by atoms with Gasteiger partial charge >= 0.3 is 25.8 Å². The van der Waals surface area contributed by atoms with Crippen molar-refractivity contribution >= 4 is 6.08 Å². The summed E-state index contributed by atoms with van der Waals surface area (Å²) in [5.41, 5.74) is 2.73. The van der Waals surface area contributed by atoms with Crippen LogP contribution < -0.4 is 71.9 Å². The summed E-state index contributed by atoms with van der Waals surface area (Å²) in [6.45, 7) is 2.17. The second-order valence-corrected chi connectivity index (χ2v) is 2.66. The van der Waals surface area contributed by atoms with E-state index in [1.807, 2.05) is 0 Å². The molecule has 0 bridgehead atoms. The Bertz CT molecular complexity index is 286. The molecule has 0 amide bonds. The molecular weight excluding hydrogens is 679 g/mol. The van der Waals surface area contributed by atoms with Crippen molar-refractivity contribution in [2.24, 2.45) is 0 Å². The van der Waals surface area contributed by atoms with Gasteiger partial charge in [0, 0.05) is 0 Å². The van der Waals surface area contributed by atoms with E-state index in [0.29, 0.717) is 5.92 Å². The van der Waals surface area contributed by atoms with Crippen molar-refractivity contribution in [2.45, 2.75) is 12.8 Å². The first-order chi connectivity index (χ1) is 4.88. The molecule has 0 nitrogen and oxygen atoms in total. The topological polar surface area (TPSA) is 0 Å². The van der Waals surface area contributed by atoms with E-state index in [2.05, 4.69) is 43.3 Å². The van der Waals surface area contributed by atoms with Gasteiger partial charge in [-0.05, 0) is 0 Å². The van der Waals surface area contributed by atoms with Crippen molar-refractivity contribution in [2.75, 3.05) is 0 Å². The van der Waals surface area contributed by atoms with Gasteiger partial charge in [0.1, 0.15) is 0 Å². The quantitative estimate of drug-likeness (QED) is 0.145. The molecule has 0 radical (unpaired) electrons. The van der Waals surface area contributed by atoms with E-state index in [0.717, 1.165) is 0 Å². The fourth-order valence-electron chi connectivity index (χ4n) is 1.34. The van der Waals surface area contributed by atoms with Gasteiger partial charge < -0.3 is 71.9 Å².